The van der Waals surface area contributed by atoms with Gasteiger partial charge < -0.3 is 20.0 Å². The van der Waals surface area contributed by atoms with Gasteiger partial charge in [0.2, 0.25) is 0 Å². The van der Waals surface area contributed by atoms with E-state index in [0.29, 0.717) is 12.2 Å². The van der Waals surface area contributed by atoms with Gasteiger partial charge in [0.05, 0.1) is 5.71 Å². The van der Waals surface area contributed by atoms with Crippen molar-refractivity contribution in [1.29, 1.82) is 0 Å². The third-order valence-electron chi connectivity index (χ3n) is 4.33. The third-order valence-corrected chi connectivity index (χ3v) is 4.33. The van der Waals surface area contributed by atoms with Crippen molar-refractivity contribution in [1.82, 2.24) is 4.90 Å². The summed E-state index contributed by atoms with van der Waals surface area (Å²) in [6.07, 6.45) is 16.9. The molecule has 0 aliphatic heterocycles. The molecule has 0 atom stereocenters. The van der Waals surface area contributed by atoms with E-state index in [1.165, 1.54) is 63.5 Å². The summed E-state index contributed by atoms with van der Waals surface area (Å²) in [5.74, 6) is -2.51. The number of nitrogens with zero attached hydrogens (tertiary/aromatic N) is 2. The van der Waals surface area contributed by atoms with E-state index in [4.69, 9.17) is 15.1 Å². The molecule has 1 aliphatic rings. The fraction of sp³-hybridized carbons (Fsp3) is 0.762. The van der Waals surface area contributed by atoms with Crippen LogP contribution in [0.5, 0.6) is 0 Å². The van der Waals surface area contributed by atoms with Gasteiger partial charge in [0.15, 0.2) is 0 Å². The minimum atomic E-state index is -1.26. The van der Waals surface area contributed by atoms with Gasteiger partial charge in [-0.25, -0.2) is 9.59 Å². The molecule has 162 valence electrons. The van der Waals surface area contributed by atoms with E-state index in [2.05, 4.69) is 24.2 Å². The summed E-state index contributed by atoms with van der Waals surface area (Å²) in [6.45, 7) is 1.83. The zero-order valence-corrected chi connectivity index (χ0v) is 17.6. The van der Waals surface area contributed by atoms with E-state index in [-0.39, 0.29) is 0 Å². The summed E-state index contributed by atoms with van der Waals surface area (Å²) in [5, 5.41) is 20.0. The number of carbonyl (C=O) groups is 2. The number of carboxylic acid groups (broad SMARTS) is 2. The Labute approximate surface area is 169 Å². The van der Waals surface area contributed by atoms with Crippen LogP contribution in [0.4, 0.5) is 0 Å². The van der Waals surface area contributed by atoms with Crippen molar-refractivity contribution in [3.8, 4) is 0 Å². The second-order valence-electron chi connectivity index (χ2n) is 7.34. The first-order valence-electron chi connectivity index (χ1n) is 10.4. The smallest absolute Gasteiger partial charge is 0.328 e. The van der Waals surface area contributed by atoms with Crippen LogP contribution in [-0.2, 0) is 14.4 Å². The van der Waals surface area contributed by atoms with Gasteiger partial charge in [0.25, 0.3) is 0 Å². The first-order valence-corrected chi connectivity index (χ1v) is 10.4. The quantitative estimate of drug-likeness (QED) is 0.376. The maximum Gasteiger partial charge on any atom is 0.328 e. The molecule has 2 N–H and O–H groups in total. The molecule has 0 aromatic carbocycles. The van der Waals surface area contributed by atoms with Crippen LogP contribution in [0.25, 0.3) is 0 Å². The molecule has 0 bridgehead atoms. The third kappa shape index (κ3) is 20.4. The number of oxime groups is 1. The van der Waals surface area contributed by atoms with Gasteiger partial charge in [-0.1, -0.05) is 50.1 Å². The lowest BCUT2D eigenvalue weighted by Gasteiger charge is -2.10. The van der Waals surface area contributed by atoms with E-state index in [1.807, 2.05) is 0 Å². The van der Waals surface area contributed by atoms with E-state index >= 15 is 0 Å². The molecule has 0 radical (unpaired) electrons. The largest absolute Gasteiger partial charge is 0.478 e. The Bertz CT molecular complexity index is 445. The molecule has 1 saturated carbocycles. The summed E-state index contributed by atoms with van der Waals surface area (Å²) in [5.41, 5.74) is 1.30. The minimum Gasteiger partial charge on any atom is -0.478 e. The van der Waals surface area contributed by atoms with Crippen LogP contribution in [0.15, 0.2) is 17.3 Å². The molecule has 7 heteroatoms. The van der Waals surface area contributed by atoms with Crippen molar-refractivity contribution < 1.29 is 24.6 Å². The fourth-order valence-corrected chi connectivity index (χ4v) is 2.84. The second-order valence-corrected chi connectivity index (χ2v) is 7.34. The minimum absolute atomic E-state index is 0.558. The summed E-state index contributed by atoms with van der Waals surface area (Å²) < 4.78 is 0. The van der Waals surface area contributed by atoms with Crippen LogP contribution in [0.2, 0.25) is 0 Å². The van der Waals surface area contributed by atoms with E-state index in [1.54, 1.807) is 0 Å². The maximum atomic E-state index is 9.55. The standard InChI is InChI=1S/C17H34N2O.C4H4O4/c1-19(2)15-12-16-20-18-17-13-10-8-6-4-3-5-7-9-11-14-17;5-3(6)1-2-4(7)8/h3-16H2,1-2H3;1-2H,(H,5,6)(H,7,8)/b;2-1+. The zero-order chi connectivity index (χ0) is 21.0. The first kappa shape index (κ1) is 26.1. The van der Waals surface area contributed by atoms with Gasteiger partial charge in [-0.3, -0.25) is 0 Å². The van der Waals surface area contributed by atoms with Gasteiger partial charge in [0, 0.05) is 18.7 Å². The molecule has 1 fully saturated rings. The molecule has 0 unspecified atom stereocenters. The van der Waals surface area contributed by atoms with Crippen molar-refractivity contribution in [3.05, 3.63) is 12.2 Å². The van der Waals surface area contributed by atoms with Crippen LogP contribution in [0.3, 0.4) is 0 Å². The molecule has 0 heterocycles. The summed E-state index contributed by atoms with van der Waals surface area (Å²) in [6, 6.07) is 0. The molecule has 0 saturated heterocycles. The number of carboxylic acids is 2. The maximum absolute atomic E-state index is 9.55. The summed E-state index contributed by atoms with van der Waals surface area (Å²) >= 11 is 0. The van der Waals surface area contributed by atoms with Crippen molar-refractivity contribution in [2.45, 2.75) is 77.0 Å². The Morgan fingerprint density at radius 2 is 1.32 bits per heavy atom. The van der Waals surface area contributed by atoms with Crippen molar-refractivity contribution >= 4 is 17.7 Å². The average Bonchev–Trinajstić information content (AvgIpc) is 2.62. The summed E-state index contributed by atoms with van der Waals surface area (Å²) in [4.78, 5) is 26.8. The van der Waals surface area contributed by atoms with Crippen LogP contribution < -0.4 is 0 Å². The fourth-order valence-electron chi connectivity index (χ4n) is 2.84. The Morgan fingerprint density at radius 1 is 0.893 bits per heavy atom. The van der Waals surface area contributed by atoms with Crippen LogP contribution >= 0.6 is 0 Å². The highest BCUT2D eigenvalue weighted by Gasteiger charge is 2.03. The molecular formula is C21H38N2O5. The van der Waals surface area contributed by atoms with E-state index in [9.17, 15) is 9.59 Å². The van der Waals surface area contributed by atoms with E-state index < -0.39 is 11.9 Å². The lowest BCUT2D eigenvalue weighted by molar-refractivity contribution is -0.134. The van der Waals surface area contributed by atoms with Crippen molar-refractivity contribution in [2.75, 3.05) is 27.2 Å². The lowest BCUT2D eigenvalue weighted by atomic mass is 10.00. The van der Waals surface area contributed by atoms with Crippen molar-refractivity contribution in [3.63, 3.8) is 0 Å². The number of hydrogen-bond donors (Lipinski definition) is 2. The second kappa shape index (κ2) is 18.5. The molecule has 7 nitrogen and oxygen atoms in total. The van der Waals surface area contributed by atoms with Gasteiger partial charge in [-0.2, -0.15) is 0 Å². The molecule has 0 aromatic rings. The van der Waals surface area contributed by atoms with Crippen LogP contribution in [0.1, 0.15) is 77.0 Å². The predicted octanol–water partition coefficient (Wildman–Crippen LogP) is 4.33. The van der Waals surface area contributed by atoms with Crippen LogP contribution in [-0.4, -0.2) is 60.0 Å². The highest BCUT2D eigenvalue weighted by atomic mass is 16.6. The molecule has 1 rings (SSSR count). The molecule has 28 heavy (non-hydrogen) atoms. The Hall–Kier alpha value is -1.89. The van der Waals surface area contributed by atoms with Gasteiger partial charge >= 0.3 is 11.9 Å². The van der Waals surface area contributed by atoms with Gasteiger partial charge in [-0.15, -0.1) is 0 Å². The Kier molecular flexibility index (Phi) is 17.2. The monoisotopic (exact) mass is 398 g/mol. The summed E-state index contributed by atoms with van der Waals surface area (Å²) in [7, 11) is 4.19. The Morgan fingerprint density at radius 3 is 1.71 bits per heavy atom. The van der Waals surface area contributed by atoms with Gasteiger partial charge in [0.1, 0.15) is 6.61 Å². The van der Waals surface area contributed by atoms with Crippen LogP contribution in [0, 0.1) is 0 Å². The predicted molar refractivity (Wildman–Crippen MR) is 112 cm³/mol. The topological polar surface area (TPSA) is 99.4 Å². The molecule has 1 aliphatic carbocycles. The molecule has 0 aromatic heterocycles. The average molecular weight is 399 g/mol. The lowest BCUT2D eigenvalue weighted by Crippen LogP contribution is -2.14. The highest BCUT2D eigenvalue weighted by Crippen LogP contribution is 2.15. The Balaban J connectivity index is 0.000000769. The molecule has 0 amide bonds. The highest BCUT2D eigenvalue weighted by molar-refractivity contribution is 5.89. The van der Waals surface area contributed by atoms with Crippen molar-refractivity contribution in [2.24, 2.45) is 5.16 Å². The number of aliphatic carboxylic acids is 2. The number of hydrogen-bond acceptors (Lipinski definition) is 5. The number of rotatable bonds is 7. The normalized spacial score (nSPS) is 16.5. The van der Waals surface area contributed by atoms with Gasteiger partial charge in [-0.05, 0) is 46.2 Å². The van der Waals surface area contributed by atoms with E-state index in [0.717, 1.165) is 32.4 Å². The molecular weight excluding hydrogens is 360 g/mol. The molecule has 0 spiro atoms. The SMILES string of the molecule is CN(C)CCCON=C1CCCCCCCCCCC1.O=C(O)/C=C/C(=O)O. The zero-order valence-electron chi connectivity index (χ0n) is 17.6. The first-order chi connectivity index (χ1) is 13.4.